The van der Waals surface area contributed by atoms with Crippen LogP contribution in [0.1, 0.15) is 19.3 Å². The molecule has 82 valence electrons. The van der Waals surface area contributed by atoms with Gasteiger partial charge in [-0.1, -0.05) is 11.6 Å². The van der Waals surface area contributed by atoms with Crippen LogP contribution in [0.4, 0.5) is 5.82 Å². The second-order valence-electron chi connectivity index (χ2n) is 3.75. The fraction of sp³-hybridized carbons (Fsp3) is 0.600. The van der Waals surface area contributed by atoms with E-state index in [1.54, 1.807) is 6.07 Å². The van der Waals surface area contributed by atoms with Crippen LogP contribution in [0.25, 0.3) is 0 Å². The predicted octanol–water partition coefficient (Wildman–Crippen LogP) is 2.83. The average Bonchev–Trinajstić information content (AvgIpc) is 2.69. The number of hydrogen-bond donors (Lipinski definition) is 1. The van der Waals surface area contributed by atoms with E-state index in [1.165, 1.54) is 19.3 Å². The molecule has 0 bridgehead atoms. The van der Waals surface area contributed by atoms with Gasteiger partial charge in [0.2, 0.25) is 0 Å². The molecule has 2 unspecified atom stereocenters. The third-order valence-electron chi connectivity index (χ3n) is 2.70. The molecule has 1 aromatic rings. The smallest absolute Gasteiger partial charge is 0.151 e. The molecule has 0 aliphatic heterocycles. The minimum atomic E-state index is 0.439. The normalized spacial score (nSPS) is 25.5. The Balaban J connectivity index is 1.90. The Morgan fingerprint density at radius 3 is 2.87 bits per heavy atom. The maximum atomic E-state index is 5.67. The lowest BCUT2D eigenvalue weighted by Crippen LogP contribution is -2.17. The monoisotopic (exact) mass is 243 g/mol. The molecule has 2 atom stereocenters. The summed E-state index contributed by atoms with van der Waals surface area (Å²) in [6.45, 7) is 0. The van der Waals surface area contributed by atoms with Crippen LogP contribution in [0.5, 0.6) is 0 Å². The van der Waals surface area contributed by atoms with Crippen LogP contribution < -0.4 is 5.32 Å². The molecule has 0 amide bonds. The highest BCUT2D eigenvalue weighted by molar-refractivity contribution is 7.99. The van der Waals surface area contributed by atoms with Crippen molar-refractivity contribution in [3.05, 3.63) is 17.3 Å². The van der Waals surface area contributed by atoms with E-state index < -0.39 is 0 Å². The molecule has 2 rings (SSSR count). The maximum Gasteiger partial charge on any atom is 0.151 e. The number of halogens is 1. The highest BCUT2D eigenvalue weighted by Crippen LogP contribution is 2.29. The molecular weight excluding hydrogens is 230 g/mol. The molecule has 5 heteroatoms. The summed E-state index contributed by atoms with van der Waals surface area (Å²) in [5, 5.41) is 12.4. The minimum absolute atomic E-state index is 0.439. The number of nitrogens with zero attached hydrogens (tertiary/aromatic N) is 2. The van der Waals surface area contributed by atoms with Crippen LogP contribution in [0, 0.1) is 0 Å². The van der Waals surface area contributed by atoms with Gasteiger partial charge >= 0.3 is 0 Å². The van der Waals surface area contributed by atoms with Gasteiger partial charge in [-0.2, -0.15) is 11.8 Å². The Hall–Kier alpha value is -0.480. The molecule has 1 aliphatic rings. The van der Waals surface area contributed by atoms with E-state index in [1.807, 2.05) is 17.8 Å². The summed E-state index contributed by atoms with van der Waals surface area (Å²) in [7, 11) is 0. The molecule has 0 radical (unpaired) electrons. The quantitative estimate of drug-likeness (QED) is 0.886. The number of anilines is 1. The van der Waals surface area contributed by atoms with Crippen molar-refractivity contribution in [2.45, 2.75) is 30.6 Å². The molecule has 0 aromatic carbocycles. The molecular formula is C10H14ClN3S. The first-order valence-corrected chi connectivity index (χ1v) is 6.73. The van der Waals surface area contributed by atoms with Gasteiger partial charge < -0.3 is 5.32 Å². The van der Waals surface area contributed by atoms with Gasteiger partial charge in [0.1, 0.15) is 5.82 Å². The first-order chi connectivity index (χ1) is 7.28. The first kappa shape index (κ1) is 11.0. The van der Waals surface area contributed by atoms with Crippen molar-refractivity contribution >= 4 is 29.2 Å². The number of hydrogen-bond acceptors (Lipinski definition) is 4. The van der Waals surface area contributed by atoms with Crippen LogP contribution in [0.2, 0.25) is 5.15 Å². The summed E-state index contributed by atoms with van der Waals surface area (Å²) in [6.07, 6.45) is 5.90. The van der Waals surface area contributed by atoms with E-state index in [4.69, 9.17) is 11.6 Å². The Morgan fingerprint density at radius 2 is 2.27 bits per heavy atom. The molecule has 3 nitrogen and oxygen atoms in total. The fourth-order valence-corrected chi connectivity index (χ4v) is 2.78. The highest BCUT2D eigenvalue weighted by Gasteiger charge is 2.23. The Kier molecular flexibility index (Phi) is 3.70. The van der Waals surface area contributed by atoms with Crippen LogP contribution in [0.3, 0.4) is 0 Å². The molecule has 1 heterocycles. The van der Waals surface area contributed by atoms with Gasteiger partial charge in [-0.15, -0.1) is 10.2 Å². The van der Waals surface area contributed by atoms with Crippen molar-refractivity contribution in [3.8, 4) is 0 Å². The number of rotatable bonds is 3. The summed E-state index contributed by atoms with van der Waals surface area (Å²) in [5.41, 5.74) is 0. The average molecular weight is 244 g/mol. The SMILES string of the molecule is CSC1CCC(Nc2ccc(Cl)nn2)C1. The van der Waals surface area contributed by atoms with Crippen molar-refractivity contribution < 1.29 is 0 Å². The van der Waals surface area contributed by atoms with Gasteiger partial charge in [-0.05, 0) is 37.7 Å². The van der Waals surface area contributed by atoms with Crippen LogP contribution in [-0.4, -0.2) is 27.7 Å². The van der Waals surface area contributed by atoms with E-state index in [-0.39, 0.29) is 0 Å². The predicted molar refractivity (Wildman–Crippen MR) is 65.6 cm³/mol. The van der Waals surface area contributed by atoms with E-state index in [9.17, 15) is 0 Å². The fourth-order valence-electron chi connectivity index (χ4n) is 1.89. The van der Waals surface area contributed by atoms with Gasteiger partial charge in [-0.3, -0.25) is 0 Å². The molecule has 1 fully saturated rings. The highest BCUT2D eigenvalue weighted by atomic mass is 35.5. The second kappa shape index (κ2) is 5.03. The molecule has 1 aliphatic carbocycles. The standard InChI is InChI=1S/C10H14ClN3S/c1-15-8-3-2-7(6-8)12-10-5-4-9(11)13-14-10/h4-5,7-8H,2-3,6H2,1H3,(H,12,14). The lowest BCUT2D eigenvalue weighted by atomic mass is 10.2. The molecule has 1 N–H and O–H groups in total. The van der Waals surface area contributed by atoms with Gasteiger partial charge in [-0.25, -0.2) is 0 Å². The van der Waals surface area contributed by atoms with E-state index in [0.717, 1.165) is 11.1 Å². The van der Waals surface area contributed by atoms with Crippen LogP contribution in [0.15, 0.2) is 12.1 Å². The van der Waals surface area contributed by atoms with Crippen molar-refractivity contribution in [1.29, 1.82) is 0 Å². The molecule has 1 saturated carbocycles. The van der Waals surface area contributed by atoms with Gasteiger partial charge in [0.25, 0.3) is 0 Å². The third kappa shape index (κ3) is 2.98. The lowest BCUT2D eigenvalue weighted by Gasteiger charge is -2.12. The summed E-state index contributed by atoms with van der Waals surface area (Å²) in [6, 6.07) is 4.18. The number of aromatic nitrogens is 2. The van der Waals surface area contributed by atoms with E-state index >= 15 is 0 Å². The third-order valence-corrected chi connectivity index (χ3v) is 4.00. The second-order valence-corrected chi connectivity index (χ2v) is 5.28. The molecule has 15 heavy (non-hydrogen) atoms. The van der Waals surface area contributed by atoms with Crippen molar-refractivity contribution in [2.24, 2.45) is 0 Å². The largest absolute Gasteiger partial charge is 0.366 e. The number of thioether (sulfide) groups is 1. The van der Waals surface area contributed by atoms with Crippen LogP contribution in [-0.2, 0) is 0 Å². The zero-order valence-corrected chi connectivity index (χ0v) is 10.2. The minimum Gasteiger partial charge on any atom is -0.366 e. The Morgan fingerprint density at radius 1 is 1.40 bits per heavy atom. The maximum absolute atomic E-state index is 5.67. The molecule has 0 saturated heterocycles. The van der Waals surface area contributed by atoms with Crippen LogP contribution >= 0.6 is 23.4 Å². The Bertz CT molecular complexity index is 317. The van der Waals surface area contributed by atoms with E-state index in [2.05, 4.69) is 21.8 Å². The zero-order valence-electron chi connectivity index (χ0n) is 8.61. The van der Waals surface area contributed by atoms with Gasteiger partial charge in [0.05, 0.1) is 0 Å². The van der Waals surface area contributed by atoms with Crippen molar-refractivity contribution in [1.82, 2.24) is 10.2 Å². The zero-order chi connectivity index (χ0) is 10.7. The summed E-state index contributed by atoms with van der Waals surface area (Å²) in [5.74, 6) is 0.825. The van der Waals surface area contributed by atoms with Gasteiger partial charge in [0, 0.05) is 11.3 Å². The van der Waals surface area contributed by atoms with E-state index in [0.29, 0.717) is 11.2 Å². The first-order valence-electron chi connectivity index (χ1n) is 5.06. The molecule has 0 spiro atoms. The summed E-state index contributed by atoms with van der Waals surface area (Å²) in [4.78, 5) is 0. The lowest BCUT2D eigenvalue weighted by molar-refractivity contribution is 0.748. The van der Waals surface area contributed by atoms with Crippen molar-refractivity contribution in [2.75, 3.05) is 11.6 Å². The summed E-state index contributed by atoms with van der Waals surface area (Å²) >= 11 is 7.62. The van der Waals surface area contributed by atoms with Gasteiger partial charge in [0.15, 0.2) is 5.15 Å². The topological polar surface area (TPSA) is 37.8 Å². The number of nitrogens with one attached hydrogen (secondary N) is 1. The Labute approximate surface area is 99.0 Å². The molecule has 1 aromatic heterocycles. The summed E-state index contributed by atoms with van der Waals surface area (Å²) < 4.78 is 0. The van der Waals surface area contributed by atoms with Crippen molar-refractivity contribution in [3.63, 3.8) is 0 Å².